The highest BCUT2D eigenvalue weighted by molar-refractivity contribution is 5.96. The molecule has 2 aromatic rings. The second-order valence-corrected chi connectivity index (χ2v) is 4.98. The molecule has 0 bridgehead atoms. The molecule has 18 heavy (non-hydrogen) atoms. The van der Waals surface area contributed by atoms with Crippen LogP contribution >= 0.6 is 0 Å². The van der Waals surface area contributed by atoms with Crippen molar-refractivity contribution in [2.45, 2.75) is 25.3 Å². The van der Waals surface area contributed by atoms with E-state index in [2.05, 4.69) is 17.2 Å². The molecule has 1 aliphatic carbocycles. The van der Waals surface area contributed by atoms with E-state index in [0.29, 0.717) is 5.69 Å². The van der Waals surface area contributed by atoms with Crippen molar-refractivity contribution in [1.82, 2.24) is 4.98 Å². The smallest absolute Gasteiger partial charge is 0.311 e. The highest BCUT2D eigenvalue weighted by atomic mass is 16.6. The Labute approximate surface area is 104 Å². The summed E-state index contributed by atoms with van der Waals surface area (Å²) in [7, 11) is 0. The molecule has 0 aliphatic heterocycles. The van der Waals surface area contributed by atoms with Crippen LogP contribution in [0.2, 0.25) is 0 Å². The first-order chi connectivity index (χ1) is 8.59. The minimum absolute atomic E-state index is 0.00507. The quantitative estimate of drug-likeness (QED) is 0.664. The van der Waals surface area contributed by atoms with Crippen molar-refractivity contribution >= 4 is 22.3 Å². The van der Waals surface area contributed by atoms with Gasteiger partial charge in [-0.05, 0) is 25.8 Å². The number of nitrogens with zero attached hydrogens (tertiary/aromatic N) is 2. The lowest BCUT2D eigenvalue weighted by molar-refractivity contribution is -0.384. The highest BCUT2D eigenvalue weighted by Gasteiger charge is 2.39. The van der Waals surface area contributed by atoms with Crippen molar-refractivity contribution < 1.29 is 4.92 Å². The number of benzene rings is 1. The fourth-order valence-corrected chi connectivity index (χ4v) is 2.01. The lowest BCUT2D eigenvalue weighted by Gasteiger charge is -2.15. The minimum Gasteiger partial charge on any atom is -0.374 e. The summed E-state index contributed by atoms with van der Waals surface area (Å²) in [4.78, 5) is 14.8. The number of hydrogen-bond donors (Lipinski definition) is 1. The van der Waals surface area contributed by atoms with Crippen molar-refractivity contribution in [3.8, 4) is 0 Å². The van der Waals surface area contributed by atoms with E-state index in [4.69, 9.17) is 0 Å². The monoisotopic (exact) mass is 243 g/mol. The van der Waals surface area contributed by atoms with Gasteiger partial charge in [0.2, 0.25) is 0 Å². The zero-order valence-electron chi connectivity index (χ0n) is 10.0. The van der Waals surface area contributed by atoms with E-state index in [9.17, 15) is 10.1 Å². The molecule has 1 fully saturated rings. The van der Waals surface area contributed by atoms with E-state index in [-0.39, 0.29) is 16.1 Å². The van der Waals surface area contributed by atoms with Gasteiger partial charge in [-0.2, -0.15) is 0 Å². The number of aromatic nitrogens is 1. The van der Waals surface area contributed by atoms with E-state index in [1.807, 2.05) is 24.3 Å². The van der Waals surface area contributed by atoms with Crippen molar-refractivity contribution in [3.05, 3.63) is 40.6 Å². The molecule has 1 aromatic heterocycles. The van der Waals surface area contributed by atoms with Crippen LogP contribution in [-0.4, -0.2) is 15.4 Å². The lowest BCUT2D eigenvalue weighted by Crippen LogP contribution is -2.17. The number of nitrogens with one attached hydrogen (secondary N) is 1. The van der Waals surface area contributed by atoms with Crippen molar-refractivity contribution in [2.24, 2.45) is 0 Å². The van der Waals surface area contributed by atoms with Gasteiger partial charge in [-0.3, -0.25) is 10.1 Å². The molecule has 92 valence electrons. The third-order valence-electron chi connectivity index (χ3n) is 3.38. The van der Waals surface area contributed by atoms with Gasteiger partial charge in [-0.25, -0.2) is 4.98 Å². The second kappa shape index (κ2) is 3.66. The van der Waals surface area contributed by atoms with Gasteiger partial charge >= 0.3 is 5.69 Å². The number of nitro groups is 1. The average Bonchev–Trinajstić information content (AvgIpc) is 3.07. The van der Waals surface area contributed by atoms with Gasteiger partial charge in [0.05, 0.1) is 10.4 Å². The summed E-state index contributed by atoms with van der Waals surface area (Å²) < 4.78 is 0. The molecule has 0 radical (unpaired) electrons. The second-order valence-electron chi connectivity index (χ2n) is 4.98. The predicted molar refractivity (Wildman–Crippen MR) is 69.7 cm³/mol. The van der Waals surface area contributed by atoms with E-state index in [1.165, 1.54) is 6.20 Å². The standard InChI is InChI=1S/C13H13N3O2/c1-13(6-7-13)15-12-9-4-2-3-5-10(9)14-8-11(12)16(17)18/h2-5,8H,6-7H2,1H3,(H,14,15). The van der Waals surface area contributed by atoms with E-state index >= 15 is 0 Å². The predicted octanol–water partition coefficient (Wildman–Crippen LogP) is 3.11. The number of rotatable bonds is 3. The molecular formula is C13H13N3O2. The summed E-state index contributed by atoms with van der Waals surface area (Å²) in [5, 5.41) is 15.2. The van der Waals surface area contributed by atoms with Crippen molar-refractivity contribution in [1.29, 1.82) is 0 Å². The maximum Gasteiger partial charge on any atom is 0.311 e. The largest absolute Gasteiger partial charge is 0.374 e. The Kier molecular flexibility index (Phi) is 2.23. The summed E-state index contributed by atoms with van der Waals surface area (Å²) in [6, 6.07) is 7.47. The van der Waals surface area contributed by atoms with Gasteiger partial charge in [-0.1, -0.05) is 18.2 Å². The molecule has 1 aliphatic rings. The van der Waals surface area contributed by atoms with Gasteiger partial charge in [0.15, 0.2) is 0 Å². The van der Waals surface area contributed by atoms with E-state index in [1.54, 1.807) is 0 Å². The van der Waals surface area contributed by atoms with Crippen LogP contribution in [0.1, 0.15) is 19.8 Å². The van der Waals surface area contributed by atoms with Crippen LogP contribution in [0.25, 0.3) is 10.9 Å². The molecule has 0 spiro atoms. The maximum absolute atomic E-state index is 11.1. The lowest BCUT2D eigenvalue weighted by atomic mass is 10.1. The topological polar surface area (TPSA) is 68.1 Å². The molecular weight excluding hydrogens is 230 g/mol. The van der Waals surface area contributed by atoms with Crippen LogP contribution in [0.5, 0.6) is 0 Å². The molecule has 0 unspecified atom stereocenters. The highest BCUT2D eigenvalue weighted by Crippen LogP contribution is 2.42. The third kappa shape index (κ3) is 1.77. The van der Waals surface area contributed by atoms with Gasteiger partial charge in [-0.15, -0.1) is 0 Å². The summed E-state index contributed by atoms with van der Waals surface area (Å²) in [6.45, 7) is 2.08. The Bertz CT molecular complexity index is 635. The van der Waals surface area contributed by atoms with Gasteiger partial charge < -0.3 is 5.32 Å². The van der Waals surface area contributed by atoms with Crippen LogP contribution in [0, 0.1) is 10.1 Å². The average molecular weight is 243 g/mol. The number of para-hydroxylation sites is 1. The van der Waals surface area contributed by atoms with E-state index in [0.717, 1.165) is 23.7 Å². The number of fused-ring (bicyclic) bond motifs is 1. The first-order valence-electron chi connectivity index (χ1n) is 5.89. The van der Waals surface area contributed by atoms with Crippen LogP contribution in [0.15, 0.2) is 30.5 Å². The van der Waals surface area contributed by atoms with Crippen LogP contribution in [0.3, 0.4) is 0 Å². The minimum atomic E-state index is -0.381. The fraction of sp³-hybridized carbons (Fsp3) is 0.308. The van der Waals surface area contributed by atoms with Gasteiger partial charge in [0, 0.05) is 10.9 Å². The zero-order valence-corrected chi connectivity index (χ0v) is 10.0. The summed E-state index contributed by atoms with van der Waals surface area (Å²) in [5.41, 5.74) is 1.40. The molecule has 5 heteroatoms. The Hall–Kier alpha value is -2.17. The summed E-state index contributed by atoms with van der Waals surface area (Å²) in [5.74, 6) is 0. The normalized spacial score (nSPS) is 16.5. The molecule has 1 saturated carbocycles. The van der Waals surface area contributed by atoms with E-state index < -0.39 is 0 Å². The SMILES string of the molecule is CC1(Nc2c([N+](=O)[O-])cnc3ccccc23)CC1. The summed E-state index contributed by atoms with van der Waals surface area (Å²) in [6.07, 6.45) is 3.41. The Morgan fingerprint density at radius 1 is 1.39 bits per heavy atom. The molecule has 1 N–H and O–H groups in total. The Morgan fingerprint density at radius 2 is 2.11 bits per heavy atom. The molecule has 5 nitrogen and oxygen atoms in total. The van der Waals surface area contributed by atoms with Gasteiger partial charge in [0.1, 0.15) is 11.9 Å². The van der Waals surface area contributed by atoms with Crippen molar-refractivity contribution in [2.75, 3.05) is 5.32 Å². The van der Waals surface area contributed by atoms with Gasteiger partial charge in [0.25, 0.3) is 0 Å². The molecule has 3 rings (SSSR count). The number of anilines is 1. The first-order valence-corrected chi connectivity index (χ1v) is 5.89. The Morgan fingerprint density at radius 3 is 2.78 bits per heavy atom. The molecule has 0 atom stereocenters. The first kappa shape index (κ1) is 11.0. The molecule has 1 aromatic carbocycles. The number of pyridine rings is 1. The van der Waals surface area contributed by atoms with Crippen molar-refractivity contribution in [3.63, 3.8) is 0 Å². The molecule has 0 saturated heterocycles. The summed E-state index contributed by atoms with van der Waals surface area (Å²) >= 11 is 0. The number of hydrogen-bond acceptors (Lipinski definition) is 4. The van der Waals surface area contributed by atoms with Crippen LogP contribution < -0.4 is 5.32 Å². The molecule has 0 amide bonds. The van der Waals surface area contributed by atoms with Crippen LogP contribution in [0.4, 0.5) is 11.4 Å². The Balaban J connectivity index is 2.21. The molecule has 1 heterocycles. The third-order valence-corrected chi connectivity index (χ3v) is 3.38. The zero-order chi connectivity index (χ0) is 12.8. The van der Waals surface area contributed by atoms with Crippen LogP contribution in [-0.2, 0) is 0 Å². The maximum atomic E-state index is 11.1. The fourth-order valence-electron chi connectivity index (χ4n) is 2.01.